The Bertz CT molecular complexity index is 1460. The van der Waals surface area contributed by atoms with E-state index in [1.165, 1.54) is 15.9 Å². The number of methoxy groups -OCH3 is 1. The van der Waals surface area contributed by atoms with Crippen molar-refractivity contribution in [3.63, 3.8) is 0 Å². The maximum Gasteiger partial charge on any atom is 0.332 e. The Morgan fingerprint density at radius 3 is 2.42 bits per heavy atom. The minimum atomic E-state index is -1.25. The van der Waals surface area contributed by atoms with Crippen LogP contribution in [0.2, 0.25) is 0 Å². The lowest BCUT2D eigenvalue weighted by molar-refractivity contribution is -0.137. The molecule has 0 unspecified atom stereocenters. The number of hydrogen-bond donors (Lipinski definition) is 2. The van der Waals surface area contributed by atoms with Gasteiger partial charge in [0.2, 0.25) is 0 Å². The molecule has 2 N–H and O–H groups in total. The van der Waals surface area contributed by atoms with E-state index in [2.05, 4.69) is 5.32 Å². The number of aryl methyl sites for hydroxylation is 1. The molecule has 4 rings (SSSR count). The van der Waals surface area contributed by atoms with Crippen LogP contribution in [-0.4, -0.2) is 34.4 Å². The maximum absolute atomic E-state index is 13.3. The van der Waals surface area contributed by atoms with Crippen LogP contribution in [0.15, 0.2) is 58.1 Å². The Hall–Kier alpha value is -3.85. The number of thiophene rings is 1. The lowest BCUT2D eigenvalue weighted by Gasteiger charge is -2.13. The van der Waals surface area contributed by atoms with Crippen LogP contribution in [-0.2, 0) is 17.9 Å². The first-order valence-electron chi connectivity index (χ1n) is 10.2. The van der Waals surface area contributed by atoms with Crippen LogP contribution in [0, 0.1) is 6.92 Å². The van der Waals surface area contributed by atoms with Crippen molar-refractivity contribution in [3.8, 4) is 16.2 Å². The molecule has 0 aliphatic carbocycles. The zero-order valence-corrected chi connectivity index (χ0v) is 19.2. The second-order valence-electron chi connectivity index (χ2n) is 7.53. The first kappa shape index (κ1) is 22.3. The SMILES string of the molecule is CNc1ccccc1Cn1c(=O)n(CC(=O)O)c(=O)c2c(C)c(-c3ccc(OC)cc3)sc21. The number of rotatable bonds is 7. The first-order chi connectivity index (χ1) is 15.8. The molecule has 0 atom stereocenters. The van der Waals surface area contributed by atoms with E-state index in [1.807, 2.05) is 55.5 Å². The molecule has 0 amide bonds. The molecule has 4 aromatic rings. The average molecular weight is 466 g/mol. The summed E-state index contributed by atoms with van der Waals surface area (Å²) in [5, 5.41) is 12.8. The monoisotopic (exact) mass is 465 g/mol. The molecule has 8 nitrogen and oxygen atoms in total. The minimum absolute atomic E-state index is 0.189. The average Bonchev–Trinajstić information content (AvgIpc) is 3.16. The van der Waals surface area contributed by atoms with E-state index < -0.39 is 23.8 Å². The van der Waals surface area contributed by atoms with Gasteiger partial charge in [-0.15, -0.1) is 11.3 Å². The van der Waals surface area contributed by atoms with Crippen LogP contribution in [0.4, 0.5) is 5.69 Å². The highest BCUT2D eigenvalue weighted by Crippen LogP contribution is 2.37. The van der Waals surface area contributed by atoms with Crippen molar-refractivity contribution in [2.24, 2.45) is 0 Å². The smallest absolute Gasteiger partial charge is 0.332 e. The maximum atomic E-state index is 13.3. The molecule has 9 heteroatoms. The van der Waals surface area contributed by atoms with Crippen LogP contribution >= 0.6 is 11.3 Å². The van der Waals surface area contributed by atoms with Gasteiger partial charge in [-0.25, -0.2) is 9.36 Å². The zero-order chi connectivity index (χ0) is 23.7. The molecule has 2 aromatic heterocycles. The van der Waals surface area contributed by atoms with Gasteiger partial charge in [-0.05, 0) is 53.9 Å². The summed E-state index contributed by atoms with van der Waals surface area (Å²) in [5.41, 5.74) is 2.04. The molecule has 0 aliphatic rings. The van der Waals surface area contributed by atoms with Crippen molar-refractivity contribution >= 4 is 33.2 Å². The Morgan fingerprint density at radius 2 is 1.79 bits per heavy atom. The summed E-state index contributed by atoms with van der Waals surface area (Å²) in [6.07, 6.45) is 0. The number of benzene rings is 2. The molecule has 0 saturated heterocycles. The number of carbonyl (C=O) groups is 1. The molecule has 0 bridgehead atoms. The predicted octanol–water partition coefficient (Wildman–Crippen LogP) is 3.38. The molecule has 0 fully saturated rings. The topological polar surface area (TPSA) is 103 Å². The largest absolute Gasteiger partial charge is 0.497 e. The number of nitrogens with zero attached hydrogens (tertiary/aromatic N) is 2. The summed E-state index contributed by atoms with van der Waals surface area (Å²) in [6.45, 7) is 1.31. The van der Waals surface area contributed by atoms with Crippen LogP contribution in [0.3, 0.4) is 0 Å². The second kappa shape index (κ2) is 8.95. The van der Waals surface area contributed by atoms with Crippen LogP contribution < -0.4 is 21.3 Å². The Morgan fingerprint density at radius 1 is 1.09 bits per heavy atom. The molecule has 0 spiro atoms. The fraction of sp³-hybridized carbons (Fsp3) is 0.208. The molecular weight excluding hydrogens is 442 g/mol. The number of aliphatic carboxylic acids is 1. The van der Waals surface area contributed by atoms with Gasteiger partial charge in [-0.2, -0.15) is 0 Å². The number of hydrogen-bond acceptors (Lipinski definition) is 6. The summed E-state index contributed by atoms with van der Waals surface area (Å²) in [5.74, 6) is -0.541. The number of anilines is 1. The van der Waals surface area contributed by atoms with Gasteiger partial charge < -0.3 is 15.2 Å². The quantitative estimate of drug-likeness (QED) is 0.434. The van der Waals surface area contributed by atoms with Gasteiger partial charge in [0.15, 0.2) is 0 Å². The van der Waals surface area contributed by atoms with E-state index in [9.17, 15) is 19.5 Å². The highest BCUT2D eigenvalue weighted by molar-refractivity contribution is 7.22. The molecule has 2 heterocycles. The normalized spacial score (nSPS) is 11.0. The van der Waals surface area contributed by atoms with E-state index in [0.29, 0.717) is 21.5 Å². The minimum Gasteiger partial charge on any atom is -0.497 e. The van der Waals surface area contributed by atoms with Crippen LogP contribution in [0.25, 0.3) is 20.7 Å². The highest BCUT2D eigenvalue weighted by atomic mass is 32.1. The van der Waals surface area contributed by atoms with E-state index in [4.69, 9.17) is 4.74 Å². The third-order valence-electron chi connectivity index (χ3n) is 5.55. The highest BCUT2D eigenvalue weighted by Gasteiger charge is 2.22. The number of nitrogens with one attached hydrogen (secondary N) is 1. The second-order valence-corrected chi connectivity index (χ2v) is 8.52. The van der Waals surface area contributed by atoms with Gasteiger partial charge in [0.1, 0.15) is 17.1 Å². The van der Waals surface area contributed by atoms with Crippen molar-refractivity contribution in [3.05, 3.63) is 80.5 Å². The number of carboxylic acid groups (broad SMARTS) is 1. The third-order valence-corrected chi connectivity index (χ3v) is 6.92. The van der Waals surface area contributed by atoms with Crippen molar-refractivity contribution < 1.29 is 14.6 Å². The van der Waals surface area contributed by atoms with Crippen LogP contribution in [0.5, 0.6) is 5.75 Å². The summed E-state index contributed by atoms with van der Waals surface area (Å²) in [4.78, 5) is 39.3. The first-order valence-corrected chi connectivity index (χ1v) is 11.1. The molecule has 0 radical (unpaired) electrons. The van der Waals surface area contributed by atoms with E-state index in [0.717, 1.165) is 26.3 Å². The zero-order valence-electron chi connectivity index (χ0n) is 18.4. The lowest BCUT2D eigenvalue weighted by Crippen LogP contribution is -2.41. The fourth-order valence-corrected chi connectivity index (χ4v) is 5.20. The Labute approximate surface area is 193 Å². The van der Waals surface area contributed by atoms with Crippen LogP contribution in [0.1, 0.15) is 11.1 Å². The van der Waals surface area contributed by atoms with Crippen molar-refractivity contribution in [1.82, 2.24) is 9.13 Å². The van der Waals surface area contributed by atoms with E-state index in [-0.39, 0.29) is 6.54 Å². The summed E-state index contributed by atoms with van der Waals surface area (Å²) < 4.78 is 7.51. The Kier molecular flexibility index (Phi) is 6.06. The van der Waals surface area contributed by atoms with Crippen molar-refractivity contribution in [2.75, 3.05) is 19.5 Å². The van der Waals surface area contributed by atoms with Gasteiger partial charge in [-0.3, -0.25) is 14.2 Å². The van der Waals surface area contributed by atoms with Crippen molar-refractivity contribution in [2.45, 2.75) is 20.0 Å². The molecule has 2 aromatic carbocycles. The molecule has 33 heavy (non-hydrogen) atoms. The Balaban J connectivity index is 2.01. The van der Waals surface area contributed by atoms with E-state index >= 15 is 0 Å². The number of para-hydroxylation sites is 1. The lowest BCUT2D eigenvalue weighted by atomic mass is 10.1. The molecule has 0 saturated carbocycles. The van der Waals surface area contributed by atoms with Gasteiger partial charge >= 0.3 is 11.7 Å². The molecule has 0 aliphatic heterocycles. The standard InChI is InChI=1S/C24H23N3O5S/c1-14-20-22(30)26(13-19(28)29)24(31)27(12-16-6-4-5-7-18(16)25-2)23(20)33-21(14)15-8-10-17(32-3)11-9-15/h4-11,25H,12-13H2,1-3H3,(H,28,29). The summed E-state index contributed by atoms with van der Waals surface area (Å²) >= 11 is 1.35. The molecule has 170 valence electrons. The predicted molar refractivity (Wildman–Crippen MR) is 130 cm³/mol. The third kappa shape index (κ3) is 4.03. The number of ether oxygens (including phenoxy) is 1. The molecular formula is C24H23N3O5S. The number of carboxylic acids is 1. The van der Waals surface area contributed by atoms with Gasteiger partial charge in [0.05, 0.1) is 19.0 Å². The van der Waals surface area contributed by atoms with E-state index in [1.54, 1.807) is 14.2 Å². The van der Waals surface area contributed by atoms with Crippen molar-refractivity contribution in [1.29, 1.82) is 0 Å². The fourth-order valence-electron chi connectivity index (χ4n) is 3.90. The van der Waals surface area contributed by atoms with Gasteiger partial charge in [0, 0.05) is 17.6 Å². The summed E-state index contributed by atoms with van der Waals surface area (Å²) in [6, 6.07) is 15.0. The number of fused-ring (bicyclic) bond motifs is 1. The number of aromatic nitrogens is 2. The van der Waals surface area contributed by atoms with Gasteiger partial charge in [-0.1, -0.05) is 18.2 Å². The van der Waals surface area contributed by atoms with Gasteiger partial charge in [0.25, 0.3) is 5.56 Å². The summed E-state index contributed by atoms with van der Waals surface area (Å²) in [7, 11) is 3.38.